The van der Waals surface area contributed by atoms with Crippen molar-refractivity contribution in [3.05, 3.63) is 54.4 Å². The van der Waals surface area contributed by atoms with Crippen LogP contribution >= 0.6 is 0 Å². The first-order valence-electron chi connectivity index (χ1n) is 10.6. The van der Waals surface area contributed by atoms with Crippen molar-refractivity contribution in [3.63, 3.8) is 0 Å². The van der Waals surface area contributed by atoms with Gasteiger partial charge in [0.15, 0.2) is 0 Å². The number of nitrogens with zero attached hydrogens (tertiary/aromatic N) is 4. The van der Waals surface area contributed by atoms with Crippen molar-refractivity contribution in [2.45, 2.75) is 0 Å². The molecule has 2 aromatic carbocycles. The van der Waals surface area contributed by atoms with Gasteiger partial charge in [-0.2, -0.15) is 0 Å². The second-order valence-electron chi connectivity index (χ2n) is 7.60. The van der Waals surface area contributed by atoms with E-state index in [1.165, 1.54) is 6.20 Å². The Hall–Kier alpha value is -3.23. The Morgan fingerprint density at radius 1 is 0.871 bits per heavy atom. The van der Waals surface area contributed by atoms with Gasteiger partial charge in [-0.15, -0.1) is 0 Å². The largest absolute Gasteiger partial charge is 0.378 e. The van der Waals surface area contributed by atoms with Crippen molar-refractivity contribution in [2.24, 2.45) is 0 Å². The number of ether oxygens (including phenoxy) is 2. The Morgan fingerprint density at radius 3 is 2.29 bits per heavy atom. The van der Waals surface area contributed by atoms with Crippen LogP contribution in [0.2, 0.25) is 0 Å². The Morgan fingerprint density at radius 2 is 1.55 bits per heavy atom. The Balaban J connectivity index is 1.44. The monoisotopic (exact) mass is 419 g/mol. The maximum Gasteiger partial charge on any atom is 0.275 e. The fourth-order valence-electron chi connectivity index (χ4n) is 3.96. The van der Waals surface area contributed by atoms with Gasteiger partial charge in [-0.25, -0.2) is 4.98 Å². The quantitative estimate of drug-likeness (QED) is 0.696. The summed E-state index contributed by atoms with van der Waals surface area (Å²) in [5, 5.41) is 3.05. The van der Waals surface area contributed by atoms with Gasteiger partial charge in [0.05, 0.1) is 55.0 Å². The smallest absolute Gasteiger partial charge is 0.275 e. The zero-order valence-corrected chi connectivity index (χ0v) is 17.3. The van der Waals surface area contributed by atoms with E-state index >= 15 is 0 Å². The van der Waals surface area contributed by atoms with E-state index in [2.05, 4.69) is 37.2 Å². The minimum atomic E-state index is -0.271. The molecule has 0 bridgehead atoms. The van der Waals surface area contributed by atoms with Crippen molar-refractivity contribution in [1.82, 2.24) is 9.97 Å². The lowest BCUT2D eigenvalue weighted by atomic mass is 10.1. The van der Waals surface area contributed by atoms with Gasteiger partial charge in [0.1, 0.15) is 5.69 Å². The number of rotatable bonds is 4. The molecule has 0 atom stereocenters. The van der Waals surface area contributed by atoms with Crippen molar-refractivity contribution < 1.29 is 14.3 Å². The summed E-state index contributed by atoms with van der Waals surface area (Å²) in [6, 6.07) is 13.7. The van der Waals surface area contributed by atoms with Crippen LogP contribution in [0.25, 0.3) is 11.0 Å². The van der Waals surface area contributed by atoms with Gasteiger partial charge in [0.25, 0.3) is 5.91 Å². The molecule has 2 fully saturated rings. The number of hydrogen-bond acceptors (Lipinski definition) is 7. The minimum Gasteiger partial charge on any atom is -0.378 e. The van der Waals surface area contributed by atoms with Gasteiger partial charge in [-0.3, -0.25) is 9.78 Å². The van der Waals surface area contributed by atoms with Gasteiger partial charge in [-0.1, -0.05) is 12.1 Å². The molecule has 3 heterocycles. The number of carbonyl (C=O) groups excluding carboxylic acids is 1. The Kier molecular flexibility index (Phi) is 5.64. The molecule has 3 aromatic rings. The number of amides is 1. The lowest BCUT2D eigenvalue weighted by Crippen LogP contribution is -2.38. The fourth-order valence-corrected chi connectivity index (χ4v) is 3.96. The number of anilines is 3. The molecule has 0 unspecified atom stereocenters. The lowest BCUT2D eigenvalue weighted by Gasteiger charge is -2.33. The summed E-state index contributed by atoms with van der Waals surface area (Å²) in [6.45, 7) is 6.09. The lowest BCUT2D eigenvalue weighted by molar-refractivity contribution is 0.102. The first-order valence-corrected chi connectivity index (χ1v) is 10.6. The molecule has 5 rings (SSSR count). The van der Waals surface area contributed by atoms with Gasteiger partial charge in [0, 0.05) is 31.9 Å². The molecular weight excluding hydrogens is 394 g/mol. The molecule has 31 heavy (non-hydrogen) atoms. The molecule has 1 N–H and O–H groups in total. The normalized spacial score (nSPS) is 17.0. The number of morpholine rings is 2. The van der Waals surface area contributed by atoms with Gasteiger partial charge in [-0.05, 0) is 30.3 Å². The van der Waals surface area contributed by atoms with E-state index in [4.69, 9.17) is 9.47 Å². The van der Waals surface area contributed by atoms with E-state index in [0.717, 1.165) is 62.0 Å². The van der Waals surface area contributed by atoms with Crippen LogP contribution in [0.1, 0.15) is 10.5 Å². The van der Waals surface area contributed by atoms with Gasteiger partial charge >= 0.3 is 0 Å². The van der Waals surface area contributed by atoms with Crippen LogP contribution in [0.15, 0.2) is 48.7 Å². The molecule has 0 spiro atoms. The third kappa shape index (κ3) is 4.30. The zero-order valence-electron chi connectivity index (χ0n) is 17.3. The zero-order chi connectivity index (χ0) is 21.0. The number of hydrogen-bond donors (Lipinski definition) is 1. The molecule has 2 aliphatic heterocycles. The van der Waals surface area contributed by atoms with Crippen molar-refractivity contribution in [2.75, 3.05) is 67.7 Å². The average molecular weight is 419 g/mol. The standard InChI is InChI=1S/C23H25N5O3/c29-23(21-16-24-18-3-1-2-4-19(18)25-21)26-20-6-5-17(27-7-11-30-12-8-27)15-22(20)28-9-13-31-14-10-28/h1-6,15-16H,7-14H2,(H,26,29). The van der Waals surface area contributed by atoms with Crippen LogP contribution in [-0.4, -0.2) is 68.5 Å². The van der Waals surface area contributed by atoms with Crippen LogP contribution in [0.5, 0.6) is 0 Å². The minimum absolute atomic E-state index is 0.271. The predicted octanol–water partition coefficient (Wildman–Crippen LogP) is 2.56. The molecule has 0 saturated carbocycles. The van der Waals surface area contributed by atoms with E-state index in [1.54, 1.807) is 0 Å². The van der Waals surface area contributed by atoms with Crippen LogP contribution in [0.4, 0.5) is 17.1 Å². The SMILES string of the molecule is O=C(Nc1ccc(N2CCOCC2)cc1N1CCOCC1)c1cnc2ccccc2n1. The molecule has 1 aromatic heterocycles. The Labute approximate surface area is 180 Å². The average Bonchev–Trinajstić information content (AvgIpc) is 2.85. The summed E-state index contributed by atoms with van der Waals surface area (Å²) >= 11 is 0. The fraction of sp³-hybridized carbons (Fsp3) is 0.348. The molecular formula is C23H25N5O3. The molecule has 0 aliphatic carbocycles. The molecule has 2 aliphatic rings. The van der Waals surface area contributed by atoms with E-state index in [1.807, 2.05) is 30.3 Å². The molecule has 8 nitrogen and oxygen atoms in total. The molecule has 160 valence electrons. The Bertz CT molecular complexity index is 1080. The summed E-state index contributed by atoms with van der Waals surface area (Å²) < 4.78 is 11.0. The van der Waals surface area contributed by atoms with Crippen molar-refractivity contribution in [1.29, 1.82) is 0 Å². The molecule has 2 saturated heterocycles. The van der Waals surface area contributed by atoms with Crippen LogP contribution in [0, 0.1) is 0 Å². The van der Waals surface area contributed by atoms with Crippen molar-refractivity contribution >= 4 is 34.0 Å². The van der Waals surface area contributed by atoms with Crippen LogP contribution in [-0.2, 0) is 9.47 Å². The summed E-state index contributed by atoms with van der Waals surface area (Å²) in [5.41, 5.74) is 4.65. The predicted molar refractivity (Wildman–Crippen MR) is 120 cm³/mol. The number of nitrogens with one attached hydrogen (secondary N) is 1. The van der Waals surface area contributed by atoms with E-state index in [0.29, 0.717) is 24.4 Å². The number of carbonyl (C=O) groups is 1. The van der Waals surface area contributed by atoms with Crippen LogP contribution in [0.3, 0.4) is 0 Å². The summed E-state index contributed by atoms with van der Waals surface area (Å²) in [7, 11) is 0. The van der Waals surface area contributed by atoms with E-state index in [9.17, 15) is 4.79 Å². The maximum absolute atomic E-state index is 13.0. The third-order valence-corrected chi connectivity index (χ3v) is 5.64. The highest BCUT2D eigenvalue weighted by Gasteiger charge is 2.20. The second kappa shape index (κ2) is 8.87. The highest BCUT2D eigenvalue weighted by molar-refractivity contribution is 6.05. The number of fused-ring (bicyclic) bond motifs is 1. The highest BCUT2D eigenvalue weighted by atomic mass is 16.5. The summed E-state index contributed by atoms with van der Waals surface area (Å²) in [5.74, 6) is -0.271. The van der Waals surface area contributed by atoms with Crippen LogP contribution < -0.4 is 15.1 Å². The van der Waals surface area contributed by atoms with Gasteiger partial charge < -0.3 is 24.6 Å². The first kappa shape index (κ1) is 19.7. The summed E-state index contributed by atoms with van der Waals surface area (Å²) in [4.78, 5) is 26.4. The molecule has 0 radical (unpaired) electrons. The third-order valence-electron chi connectivity index (χ3n) is 5.64. The number of aromatic nitrogens is 2. The van der Waals surface area contributed by atoms with E-state index < -0.39 is 0 Å². The molecule has 1 amide bonds. The van der Waals surface area contributed by atoms with E-state index in [-0.39, 0.29) is 5.91 Å². The van der Waals surface area contributed by atoms with Gasteiger partial charge in [0.2, 0.25) is 0 Å². The maximum atomic E-state index is 13.0. The molecule has 8 heteroatoms. The topological polar surface area (TPSA) is 79.8 Å². The first-order chi connectivity index (χ1) is 15.3. The highest BCUT2D eigenvalue weighted by Crippen LogP contribution is 2.32. The number of benzene rings is 2. The number of para-hydroxylation sites is 2. The second-order valence-corrected chi connectivity index (χ2v) is 7.60. The van der Waals surface area contributed by atoms with Crippen molar-refractivity contribution in [3.8, 4) is 0 Å². The summed E-state index contributed by atoms with van der Waals surface area (Å²) in [6.07, 6.45) is 1.52.